The summed E-state index contributed by atoms with van der Waals surface area (Å²) < 4.78 is 5.09. The predicted molar refractivity (Wildman–Crippen MR) is 98.7 cm³/mol. The maximum atomic E-state index is 12.4. The fraction of sp³-hybridized carbons (Fsp3) is 0.632. The summed E-state index contributed by atoms with van der Waals surface area (Å²) >= 11 is 0. The second-order valence-corrected chi connectivity index (χ2v) is 7.43. The lowest BCUT2D eigenvalue weighted by Gasteiger charge is -2.34. The maximum absolute atomic E-state index is 12.4. The first kappa shape index (κ1) is 18.7. The number of benzene rings is 1. The number of hydrogen-bond acceptors (Lipinski definition) is 3. The fourth-order valence-electron chi connectivity index (χ4n) is 2.86. The molecule has 5 nitrogen and oxygen atoms in total. The molecular weight excluding hydrogens is 302 g/mol. The average Bonchev–Trinajstić information content (AvgIpc) is 2.55. The van der Waals surface area contributed by atoms with Crippen LogP contribution in [-0.4, -0.2) is 62.3 Å². The van der Waals surface area contributed by atoms with Crippen molar-refractivity contribution in [3.05, 3.63) is 29.8 Å². The summed E-state index contributed by atoms with van der Waals surface area (Å²) in [5, 5.41) is 3.01. The summed E-state index contributed by atoms with van der Waals surface area (Å²) in [6, 6.07) is 8.14. The van der Waals surface area contributed by atoms with Crippen molar-refractivity contribution in [3.63, 3.8) is 0 Å². The van der Waals surface area contributed by atoms with Gasteiger partial charge in [0.15, 0.2) is 0 Å². The van der Waals surface area contributed by atoms with E-state index in [1.54, 1.807) is 7.11 Å². The highest BCUT2D eigenvalue weighted by Gasteiger charge is 2.21. The van der Waals surface area contributed by atoms with Crippen LogP contribution in [0.3, 0.4) is 0 Å². The highest BCUT2D eigenvalue weighted by Crippen LogP contribution is 2.23. The number of methoxy groups -OCH3 is 1. The molecule has 1 heterocycles. The zero-order chi connectivity index (χ0) is 17.6. The van der Waals surface area contributed by atoms with Gasteiger partial charge in [-0.25, -0.2) is 4.79 Å². The van der Waals surface area contributed by atoms with E-state index in [1.165, 1.54) is 5.56 Å². The fourth-order valence-corrected chi connectivity index (χ4v) is 2.86. The van der Waals surface area contributed by atoms with Crippen LogP contribution in [0.4, 0.5) is 10.5 Å². The predicted octanol–water partition coefficient (Wildman–Crippen LogP) is 3.17. The molecule has 0 atom stereocenters. The number of urea groups is 1. The van der Waals surface area contributed by atoms with Crippen LogP contribution < -0.4 is 5.32 Å². The van der Waals surface area contributed by atoms with Gasteiger partial charge in [-0.15, -0.1) is 0 Å². The Morgan fingerprint density at radius 3 is 2.29 bits per heavy atom. The van der Waals surface area contributed by atoms with E-state index in [2.05, 4.69) is 43.1 Å². The molecule has 0 radical (unpaired) electrons. The summed E-state index contributed by atoms with van der Waals surface area (Å²) in [7, 11) is 1.73. The van der Waals surface area contributed by atoms with Crippen LogP contribution in [0.15, 0.2) is 24.3 Å². The van der Waals surface area contributed by atoms with Gasteiger partial charge in [0.05, 0.1) is 0 Å². The van der Waals surface area contributed by atoms with Crippen LogP contribution in [0.1, 0.15) is 32.8 Å². The number of piperazine rings is 1. The minimum Gasteiger partial charge on any atom is -0.385 e. The minimum atomic E-state index is -0.00458. The highest BCUT2D eigenvalue weighted by molar-refractivity contribution is 5.89. The SMILES string of the molecule is COCCCN1CCN(C(=O)Nc2ccc(C(C)(C)C)cc2)CC1. The monoisotopic (exact) mass is 333 g/mol. The van der Waals surface area contributed by atoms with Gasteiger partial charge in [0.25, 0.3) is 0 Å². The molecule has 0 bridgehead atoms. The topological polar surface area (TPSA) is 44.8 Å². The molecule has 1 aromatic carbocycles. The zero-order valence-electron chi connectivity index (χ0n) is 15.5. The van der Waals surface area contributed by atoms with Crippen molar-refractivity contribution in [1.82, 2.24) is 9.80 Å². The number of carbonyl (C=O) groups excluding carboxylic acids is 1. The first-order chi connectivity index (χ1) is 11.4. The van der Waals surface area contributed by atoms with Crippen LogP contribution in [0.5, 0.6) is 0 Å². The summed E-state index contributed by atoms with van der Waals surface area (Å²) in [6.45, 7) is 11.8. The number of anilines is 1. The van der Waals surface area contributed by atoms with Crippen molar-refractivity contribution in [3.8, 4) is 0 Å². The van der Waals surface area contributed by atoms with Crippen LogP contribution in [0.2, 0.25) is 0 Å². The summed E-state index contributed by atoms with van der Waals surface area (Å²) in [5.41, 5.74) is 2.25. The van der Waals surface area contributed by atoms with Crippen molar-refractivity contribution in [2.75, 3.05) is 51.8 Å². The minimum absolute atomic E-state index is 0.00458. The quantitative estimate of drug-likeness (QED) is 0.842. The molecule has 2 amide bonds. The van der Waals surface area contributed by atoms with Crippen LogP contribution in [-0.2, 0) is 10.2 Å². The van der Waals surface area contributed by atoms with E-state index >= 15 is 0 Å². The van der Waals surface area contributed by atoms with Gasteiger partial charge in [-0.1, -0.05) is 32.9 Å². The molecule has 1 N–H and O–H groups in total. The van der Waals surface area contributed by atoms with Gasteiger partial charge in [0.1, 0.15) is 0 Å². The summed E-state index contributed by atoms with van der Waals surface area (Å²) in [5.74, 6) is 0. The van der Waals surface area contributed by atoms with Gasteiger partial charge in [-0.05, 0) is 29.5 Å². The van der Waals surface area contributed by atoms with Crippen LogP contribution >= 0.6 is 0 Å². The van der Waals surface area contributed by atoms with Crippen LogP contribution in [0.25, 0.3) is 0 Å². The smallest absolute Gasteiger partial charge is 0.321 e. The number of ether oxygens (including phenoxy) is 1. The maximum Gasteiger partial charge on any atom is 0.321 e. The van der Waals surface area contributed by atoms with Crippen LogP contribution in [0, 0.1) is 0 Å². The average molecular weight is 333 g/mol. The molecule has 0 unspecified atom stereocenters. The van der Waals surface area contributed by atoms with E-state index in [0.29, 0.717) is 0 Å². The first-order valence-corrected chi connectivity index (χ1v) is 8.78. The highest BCUT2D eigenvalue weighted by atomic mass is 16.5. The van der Waals surface area contributed by atoms with Crippen molar-refractivity contribution in [2.24, 2.45) is 0 Å². The van der Waals surface area contributed by atoms with Crippen molar-refractivity contribution >= 4 is 11.7 Å². The molecule has 1 aliphatic rings. The van der Waals surface area contributed by atoms with E-state index in [1.807, 2.05) is 17.0 Å². The lowest BCUT2D eigenvalue weighted by atomic mass is 9.87. The van der Waals surface area contributed by atoms with E-state index in [-0.39, 0.29) is 11.4 Å². The zero-order valence-corrected chi connectivity index (χ0v) is 15.5. The summed E-state index contributed by atoms with van der Waals surface area (Å²) in [4.78, 5) is 16.7. The molecule has 0 aliphatic carbocycles. The van der Waals surface area contributed by atoms with Gasteiger partial charge in [-0.3, -0.25) is 4.90 Å². The number of rotatable bonds is 5. The molecule has 24 heavy (non-hydrogen) atoms. The Morgan fingerprint density at radius 2 is 1.75 bits per heavy atom. The summed E-state index contributed by atoms with van der Waals surface area (Å²) in [6.07, 6.45) is 1.04. The molecule has 5 heteroatoms. The van der Waals surface area contributed by atoms with Gasteiger partial charge in [-0.2, -0.15) is 0 Å². The van der Waals surface area contributed by atoms with Crippen molar-refractivity contribution in [1.29, 1.82) is 0 Å². The van der Waals surface area contributed by atoms with E-state index in [9.17, 15) is 4.79 Å². The van der Waals surface area contributed by atoms with Gasteiger partial charge < -0.3 is 15.0 Å². The third-order valence-corrected chi connectivity index (χ3v) is 4.48. The number of nitrogens with one attached hydrogen (secondary N) is 1. The van der Waals surface area contributed by atoms with Crippen molar-refractivity contribution in [2.45, 2.75) is 32.6 Å². The molecule has 0 spiro atoms. The number of amides is 2. The third-order valence-electron chi connectivity index (χ3n) is 4.48. The van der Waals surface area contributed by atoms with E-state index < -0.39 is 0 Å². The lowest BCUT2D eigenvalue weighted by Crippen LogP contribution is -2.50. The Kier molecular flexibility index (Phi) is 6.63. The third kappa shape index (κ3) is 5.49. The number of nitrogens with zero attached hydrogens (tertiary/aromatic N) is 2. The van der Waals surface area contributed by atoms with E-state index in [4.69, 9.17) is 4.74 Å². The molecule has 0 aromatic heterocycles. The van der Waals surface area contributed by atoms with Gasteiger partial charge >= 0.3 is 6.03 Å². The lowest BCUT2D eigenvalue weighted by molar-refractivity contribution is 0.130. The normalized spacial score (nSPS) is 16.2. The number of hydrogen-bond donors (Lipinski definition) is 1. The first-order valence-electron chi connectivity index (χ1n) is 8.78. The second kappa shape index (κ2) is 8.49. The Hall–Kier alpha value is -1.59. The Morgan fingerprint density at radius 1 is 1.12 bits per heavy atom. The molecule has 1 saturated heterocycles. The second-order valence-electron chi connectivity index (χ2n) is 7.43. The molecule has 1 aromatic rings. The molecule has 2 rings (SSSR count). The van der Waals surface area contributed by atoms with Crippen molar-refractivity contribution < 1.29 is 9.53 Å². The largest absolute Gasteiger partial charge is 0.385 e. The molecule has 1 fully saturated rings. The van der Waals surface area contributed by atoms with E-state index in [0.717, 1.165) is 51.4 Å². The Balaban J connectivity index is 1.79. The van der Waals surface area contributed by atoms with Gasteiger partial charge in [0.2, 0.25) is 0 Å². The number of carbonyl (C=O) groups is 1. The standard InChI is InChI=1S/C19H31N3O2/c1-19(2,3)16-6-8-17(9-7-16)20-18(23)22-13-11-21(12-14-22)10-5-15-24-4/h6-9H,5,10-15H2,1-4H3,(H,20,23). The van der Waals surface area contributed by atoms with Gasteiger partial charge in [0, 0.05) is 52.1 Å². The molecular formula is C19H31N3O2. The molecule has 0 saturated carbocycles. The molecule has 134 valence electrons. The Bertz CT molecular complexity index is 514. The molecule has 1 aliphatic heterocycles. The Labute approximate surface area is 146 Å².